The molecular weight excluding hydrogens is 232 g/mol. The van der Waals surface area contributed by atoms with Gasteiger partial charge in [-0.25, -0.2) is 0 Å². The average Bonchev–Trinajstić information content (AvgIpc) is 2.90. The molecule has 1 aromatic rings. The smallest absolute Gasteiger partial charge is 0.203 e. The summed E-state index contributed by atoms with van der Waals surface area (Å²) in [6.45, 7) is 1.75. The van der Waals surface area contributed by atoms with Crippen LogP contribution in [-0.4, -0.2) is 40.3 Å². The minimum atomic E-state index is 0.621. The van der Waals surface area contributed by atoms with Gasteiger partial charge in [0.15, 0.2) is 11.5 Å². The molecule has 5 nitrogen and oxygen atoms in total. The second-order valence-corrected chi connectivity index (χ2v) is 3.93. The van der Waals surface area contributed by atoms with Crippen molar-refractivity contribution in [2.45, 2.75) is 6.42 Å². The standard InChI is InChI=1S/C13H18N2O3/c1-16-10-5-4-9(8-11-14-6-7-15-11)12(17-2)13(10)18-3/h4-5H,6-8H2,1-3H3,(H,14,15). The summed E-state index contributed by atoms with van der Waals surface area (Å²) >= 11 is 0. The topological polar surface area (TPSA) is 52.1 Å². The molecule has 0 saturated carbocycles. The third kappa shape index (κ3) is 2.34. The van der Waals surface area contributed by atoms with E-state index in [0.29, 0.717) is 23.7 Å². The summed E-state index contributed by atoms with van der Waals surface area (Å²) in [7, 11) is 4.85. The molecule has 0 amide bonds. The number of ether oxygens (including phenoxy) is 3. The second-order valence-electron chi connectivity index (χ2n) is 3.93. The van der Waals surface area contributed by atoms with E-state index in [4.69, 9.17) is 14.2 Å². The van der Waals surface area contributed by atoms with E-state index in [0.717, 1.165) is 24.5 Å². The van der Waals surface area contributed by atoms with E-state index in [1.54, 1.807) is 21.3 Å². The van der Waals surface area contributed by atoms with Crippen LogP contribution >= 0.6 is 0 Å². The van der Waals surface area contributed by atoms with Gasteiger partial charge in [-0.1, -0.05) is 6.07 Å². The predicted molar refractivity (Wildman–Crippen MR) is 70.1 cm³/mol. The van der Waals surface area contributed by atoms with Gasteiger partial charge in [-0.15, -0.1) is 0 Å². The van der Waals surface area contributed by atoms with Crippen molar-refractivity contribution < 1.29 is 14.2 Å². The maximum absolute atomic E-state index is 5.43. The van der Waals surface area contributed by atoms with Gasteiger partial charge < -0.3 is 19.5 Å². The van der Waals surface area contributed by atoms with E-state index in [9.17, 15) is 0 Å². The molecule has 0 spiro atoms. The second kappa shape index (κ2) is 5.62. The minimum Gasteiger partial charge on any atom is -0.493 e. The number of aliphatic imine (C=N–C) groups is 1. The normalized spacial score (nSPS) is 13.8. The first-order valence-electron chi connectivity index (χ1n) is 5.85. The number of amidine groups is 1. The van der Waals surface area contributed by atoms with Gasteiger partial charge in [0.2, 0.25) is 5.75 Å². The van der Waals surface area contributed by atoms with Crippen LogP contribution in [0.15, 0.2) is 17.1 Å². The Bertz CT molecular complexity index is 458. The monoisotopic (exact) mass is 250 g/mol. The molecule has 0 unspecified atom stereocenters. The van der Waals surface area contributed by atoms with Crippen LogP contribution in [0.3, 0.4) is 0 Å². The van der Waals surface area contributed by atoms with Gasteiger partial charge in [-0.3, -0.25) is 4.99 Å². The van der Waals surface area contributed by atoms with Crippen LogP contribution in [0.25, 0.3) is 0 Å². The van der Waals surface area contributed by atoms with Gasteiger partial charge in [-0.05, 0) is 6.07 Å². The molecule has 0 aromatic heterocycles. The third-order valence-electron chi connectivity index (χ3n) is 2.89. The zero-order chi connectivity index (χ0) is 13.0. The molecule has 2 rings (SSSR count). The van der Waals surface area contributed by atoms with Crippen molar-refractivity contribution >= 4 is 5.84 Å². The Kier molecular flexibility index (Phi) is 3.92. The lowest BCUT2D eigenvalue weighted by molar-refractivity contribution is 0.322. The molecule has 18 heavy (non-hydrogen) atoms. The van der Waals surface area contributed by atoms with Gasteiger partial charge in [0.25, 0.3) is 0 Å². The molecular formula is C13H18N2O3. The molecule has 0 fully saturated rings. The van der Waals surface area contributed by atoms with Crippen LogP contribution in [0.1, 0.15) is 5.56 Å². The molecule has 5 heteroatoms. The van der Waals surface area contributed by atoms with E-state index >= 15 is 0 Å². The SMILES string of the molecule is COc1ccc(CC2=NCCN2)c(OC)c1OC. The summed E-state index contributed by atoms with van der Waals surface area (Å²) in [6, 6.07) is 3.86. The zero-order valence-electron chi connectivity index (χ0n) is 10.9. The highest BCUT2D eigenvalue weighted by Gasteiger charge is 2.17. The summed E-state index contributed by atoms with van der Waals surface area (Å²) in [6.07, 6.45) is 0.712. The molecule has 1 N–H and O–H groups in total. The van der Waals surface area contributed by atoms with E-state index in [1.165, 1.54) is 0 Å². The van der Waals surface area contributed by atoms with E-state index in [1.807, 2.05) is 12.1 Å². The number of hydrogen-bond acceptors (Lipinski definition) is 5. The molecule has 0 atom stereocenters. The van der Waals surface area contributed by atoms with Crippen molar-refractivity contribution in [3.05, 3.63) is 17.7 Å². The number of benzene rings is 1. The van der Waals surface area contributed by atoms with Crippen LogP contribution < -0.4 is 19.5 Å². The summed E-state index contributed by atoms with van der Waals surface area (Å²) < 4.78 is 16.0. The quantitative estimate of drug-likeness (QED) is 0.854. The highest BCUT2D eigenvalue weighted by Crippen LogP contribution is 2.39. The lowest BCUT2D eigenvalue weighted by Gasteiger charge is -2.15. The molecule has 1 aliphatic rings. The molecule has 1 heterocycles. The molecule has 0 radical (unpaired) electrons. The van der Waals surface area contributed by atoms with Crippen LogP contribution in [0, 0.1) is 0 Å². The number of nitrogens with one attached hydrogen (secondary N) is 1. The molecule has 0 bridgehead atoms. The minimum absolute atomic E-state index is 0.621. The summed E-state index contributed by atoms with van der Waals surface area (Å²) in [5, 5.41) is 3.24. The van der Waals surface area contributed by atoms with Gasteiger partial charge in [0.05, 0.1) is 27.9 Å². The fourth-order valence-corrected chi connectivity index (χ4v) is 2.05. The maximum atomic E-state index is 5.43. The maximum Gasteiger partial charge on any atom is 0.203 e. The van der Waals surface area contributed by atoms with Crippen molar-refractivity contribution in [3.63, 3.8) is 0 Å². The molecule has 1 aromatic carbocycles. The fourth-order valence-electron chi connectivity index (χ4n) is 2.05. The average molecular weight is 250 g/mol. The zero-order valence-corrected chi connectivity index (χ0v) is 10.9. The van der Waals surface area contributed by atoms with E-state index in [2.05, 4.69) is 10.3 Å². The van der Waals surface area contributed by atoms with Crippen molar-refractivity contribution in [1.29, 1.82) is 0 Å². The fraction of sp³-hybridized carbons (Fsp3) is 0.462. The Labute approximate surface area is 107 Å². The number of methoxy groups -OCH3 is 3. The molecule has 0 aliphatic carbocycles. The highest BCUT2D eigenvalue weighted by molar-refractivity contribution is 5.86. The summed E-state index contributed by atoms with van der Waals surface area (Å²) in [4.78, 5) is 4.38. The first kappa shape index (κ1) is 12.5. The Balaban J connectivity index is 2.34. The largest absolute Gasteiger partial charge is 0.493 e. The molecule has 98 valence electrons. The Hall–Kier alpha value is -1.91. The van der Waals surface area contributed by atoms with Gasteiger partial charge in [-0.2, -0.15) is 0 Å². The van der Waals surface area contributed by atoms with Crippen molar-refractivity contribution in [2.75, 3.05) is 34.4 Å². The Morgan fingerprint density at radius 3 is 2.44 bits per heavy atom. The van der Waals surface area contributed by atoms with E-state index in [-0.39, 0.29) is 0 Å². The van der Waals surface area contributed by atoms with Crippen LogP contribution in [0.5, 0.6) is 17.2 Å². The van der Waals surface area contributed by atoms with Crippen LogP contribution in [-0.2, 0) is 6.42 Å². The van der Waals surface area contributed by atoms with Gasteiger partial charge in [0.1, 0.15) is 5.84 Å². The van der Waals surface area contributed by atoms with E-state index < -0.39 is 0 Å². The van der Waals surface area contributed by atoms with Gasteiger partial charge in [0, 0.05) is 18.5 Å². The first-order chi connectivity index (χ1) is 8.80. The van der Waals surface area contributed by atoms with Crippen LogP contribution in [0.4, 0.5) is 0 Å². The summed E-state index contributed by atoms with van der Waals surface area (Å²) in [5.74, 6) is 2.98. The van der Waals surface area contributed by atoms with Crippen molar-refractivity contribution in [3.8, 4) is 17.2 Å². The van der Waals surface area contributed by atoms with Crippen molar-refractivity contribution in [2.24, 2.45) is 4.99 Å². The third-order valence-corrected chi connectivity index (χ3v) is 2.89. The Morgan fingerprint density at radius 1 is 1.11 bits per heavy atom. The van der Waals surface area contributed by atoms with Crippen molar-refractivity contribution in [1.82, 2.24) is 5.32 Å². The van der Waals surface area contributed by atoms with Crippen LogP contribution in [0.2, 0.25) is 0 Å². The summed E-state index contributed by atoms with van der Waals surface area (Å²) in [5.41, 5.74) is 1.03. The predicted octanol–water partition coefficient (Wildman–Crippen LogP) is 1.26. The molecule has 1 aliphatic heterocycles. The lowest BCUT2D eigenvalue weighted by atomic mass is 10.1. The highest BCUT2D eigenvalue weighted by atomic mass is 16.5. The number of hydrogen-bond donors (Lipinski definition) is 1. The van der Waals surface area contributed by atoms with Gasteiger partial charge >= 0.3 is 0 Å². The first-order valence-corrected chi connectivity index (χ1v) is 5.85. The lowest BCUT2D eigenvalue weighted by Crippen LogP contribution is -2.20. The number of rotatable bonds is 5. The Morgan fingerprint density at radius 2 is 1.89 bits per heavy atom. The molecule has 0 saturated heterocycles. The number of nitrogens with zero attached hydrogens (tertiary/aromatic N) is 1.